The highest BCUT2D eigenvalue weighted by molar-refractivity contribution is 5.43. The molecule has 14 heavy (non-hydrogen) atoms. The van der Waals surface area contributed by atoms with Crippen LogP contribution in [0.3, 0.4) is 0 Å². The minimum absolute atomic E-state index is 0.821. The molecule has 0 heteroatoms. The lowest BCUT2D eigenvalue weighted by molar-refractivity contribution is 0.404. The van der Waals surface area contributed by atoms with Gasteiger partial charge in [0.15, 0.2) is 0 Å². The minimum atomic E-state index is 0.821. The second-order valence-corrected chi connectivity index (χ2v) is 5.06. The number of rotatable bonds is 1. The second kappa shape index (κ2) is 3.42. The SMILES string of the molecule is Cc1ccc2c(c1C)C[C@@H](C(C)C)C2. The molecule has 1 aliphatic rings. The summed E-state index contributed by atoms with van der Waals surface area (Å²) in [6.07, 6.45) is 2.61. The standard InChI is InChI=1S/C14H20/c1-9(2)13-7-12-6-5-10(3)11(4)14(12)8-13/h5-6,9,13H,7-8H2,1-4H3/t13-/m0/s1. The summed E-state index contributed by atoms with van der Waals surface area (Å²) in [5.41, 5.74) is 6.23. The van der Waals surface area contributed by atoms with E-state index in [0.29, 0.717) is 0 Å². The van der Waals surface area contributed by atoms with Crippen molar-refractivity contribution in [1.29, 1.82) is 0 Å². The summed E-state index contributed by atoms with van der Waals surface area (Å²) >= 11 is 0. The summed E-state index contributed by atoms with van der Waals surface area (Å²) < 4.78 is 0. The first-order valence-corrected chi connectivity index (χ1v) is 5.67. The lowest BCUT2D eigenvalue weighted by atomic mass is 9.93. The van der Waals surface area contributed by atoms with E-state index in [2.05, 4.69) is 39.8 Å². The normalized spacial score (nSPS) is 20.2. The van der Waals surface area contributed by atoms with Crippen LogP contribution in [-0.4, -0.2) is 0 Å². The van der Waals surface area contributed by atoms with Gasteiger partial charge in [-0.1, -0.05) is 26.0 Å². The fourth-order valence-corrected chi connectivity index (χ4v) is 2.49. The van der Waals surface area contributed by atoms with Gasteiger partial charge in [-0.2, -0.15) is 0 Å². The van der Waals surface area contributed by atoms with Gasteiger partial charge in [0, 0.05) is 0 Å². The zero-order valence-electron chi connectivity index (χ0n) is 9.72. The molecule has 2 rings (SSSR count). The Labute approximate surface area is 87.3 Å². The largest absolute Gasteiger partial charge is 0.0625 e. The van der Waals surface area contributed by atoms with Gasteiger partial charge in [-0.3, -0.25) is 0 Å². The lowest BCUT2D eigenvalue weighted by Gasteiger charge is -2.12. The zero-order valence-corrected chi connectivity index (χ0v) is 9.72. The first-order chi connectivity index (χ1) is 6.59. The molecule has 1 aromatic rings. The number of fused-ring (bicyclic) bond motifs is 1. The summed E-state index contributed by atoms with van der Waals surface area (Å²) in [7, 11) is 0. The van der Waals surface area contributed by atoms with Crippen LogP contribution in [0.25, 0.3) is 0 Å². The van der Waals surface area contributed by atoms with E-state index < -0.39 is 0 Å². The Hall–Kier alpha value is -0.780. The van der Waals surface area contributed by atoms with E-state index in [1.807, 2.05) is 0 Å². The topological polar surface area (TPSA) is 0 Å². The lowest BCUT2D eigenvalue weighted by Crippen LogP contribution is -2.07. The van der Waals surface area contributed by atoms with Crippen molar-refractivity contribution in [3.05, 3.63) is 34.4 Å². The molecule has 76 valence electrons. The molecule has 0 heterocycles. The van der Waals surface area contributed by atoms with Gasteiger partial charge in [0.05, 0.1) is 0 Å². The second-order valence-electron chi connectivity index (χ2n) is 5.06. The Morgan fingerprint density at radius 1 is 1.14 bits per heavy atom. The zero-order chi connectivity index (χ0) is 10.3. The Kier molecular flexibility index (Phi) is 2.38. The Bertz CT molecular complexity index is 347. The smallest absolute Gasteiger partial charge is 0.0239 e. The third kappa shape index (κ3) is 1.47. The van der Waals surface area contributed by atoms with E-state index in [4.69, 9.17) is 0 Å². The quantitative estimate of drug-likeness (QED) is 0.630. The summed E-state index contributed by atoms with van der Waals surface area (Å²) in [5.74, 6) is 1.70. The number of hydrogen-bond acceptors (Lipinski definition) is 0. The average molecular weight is 188 g/mol. The molecule has 1 aromatic carbocycles. The highest BCUT2D eigenvalue weighted by Gasteiger charge is 2.25. The van der Waals surface area contributed by atoms with Crippen LogP contribution >= 0.6 is 0 Å². The van der Waals surface area contributed by atoms with E-state index in [-0.39, 0.29) is 0 Å². The number of aryl methyl sites for hydroxylation is 1. The molecule has 0 saturated carbocycles. The molecule has 0 aliphatic heterocycles. The van der Waals surface area contributed by atoms with Crippen molar-refractivity contribution in [3.63, 3.8) is 0 Å². The van der Waals surface area contributed by atoms with Gasteiger partial charge in [0.1, 0.15) is 0 Å². The van der Waals surface area contributed by atoms with E-state index in [9.17, 15) is 0 Å². The van der Waals surface area contributed by atoms with Gasteiger partial charge in [-0.05, 0) is 60.8 Å². The third-order valence-corrected chi connectivity index (χ3v) is 3.86. The van der Waals surface area contributed by atoms with Crippen molar-refractivity contribution in [2.24, 2.45) is 11.8 Å². The Balaban J connectivity index is 2.36. The van der Waals surface area contributed by atoms with Gasteiger partial charge < -0.3 is 0 Å². The highest BCUT2D eigenvalue weighted by Crippen LogP contribution is 2.34. The van der Waals surface area contributed by atoms with Gasteiger partial charge in [-0.15, -0.1) is 0 Å². The molecule has 0 saturated heterocycles. The van der Waals surface area contributed by atoms with E-state index in [1.165, 1.54) is 24.0 Å². The van der Waals surface area contributed by atoms with Crippen molar-refractivity contribution >= 4 is 0 Å². The molecule has 0 fully saturated rings. The van der Waals surface area contributed by atoms with Crippen LogP contribution in [0, 0.1) is 25.7 Å². The summed E-state index contributed by atoms with van der Waals surface area (Å²) in [6, 6.07) is 4.61. The average Bonchev–Trinajstić information content (AvgIpc) is 2.56. The molecule has 0 amide bonds. The van der Waals surface area contributed by atoms with Crippen LogP contribution in [0.2, 0.25) is 0 Å². The molecule has 0 aromatic heterocycles. The van der Waals surface area contributed by atoms with Crippen LogP contribution in [0.1, 0.15) is 36.1 Å². The maximum Gasteiger partial charge on any atom is -0.0239 e. The predicted molar refractivity (Wildman–Crippen MR) is 61.7 cm³/mol. The predicted octanol–water partition coefficient (Wildman–Crippen LogP) is 3.67. The van der Waals surface area contributed by atoms with Gasteiger partial charge >= 0.3 is 0 Å². The molecule has 1 atom stereocenters. The van der Waals surface area contributed by atoms with Crippen LogP contribution < -0.4 is 0 Å². The van der Waals surface area contributed by atoms with Crippen molar-refractivity contribution < 1.29 is 0 Å². The fourth-order valence-electron chi connectivity index (χ4n) is 2.49. The first kappa shape index (κ1) is 9.76. The van der Waals surface area contributed by atoms with Crippen molar-refractivity contribution in [1.82, 2.24) is 0 Å². The monoisotopic (exact) mass is 188 g/mol. The van der Waals surface area contributed by atoms with Gasteiger partial charge in [0.25, 0.3) is 0 Å². The maximum absolute atomic E-state index is 2.35. The first-order valence-electron chi connectivity index (χ1n) is 5.67. The Morgan fingerprint density at radius 3 is 2.50 bits per heavy atom. The van der Waals surface area contributed by atoms with E-state index in [1.54, 1.807) is 11.1 Å². The third-order valence-electron chi connectivity index (χ3n) is 3.86. The molecule has 1 aliphatic carbocycles. The van der Waals surface area contributed by atoms with Crippen LogP contribution in [-0.2, 0) is 12.8 Å². The molecule has 0 bridgehead atoms. The van der Waals surface area contributed by atoms with Gasteiger partial charge in [0.2, 0.25) is 0 Å². The van der Waals surface area contributed by atoms with E-state index in [0.717, 1.165) is 11.8 Å². The van der Waals surface area contributed by atoms with Crippen LogP contribution in [0.5, 0.6) is 0 Å². The molecular formula is C14H20. The summed E-state index contributed by atoms with van der Waals surface area (Å²) in [5, 5.41) is 0. The molecule has 0 nitrogen and oxygen atoms in total. The van der Waals surface area contributed by atoms with Gasteiger partial charge in [-0.25, -0.2) is 0 Å². The molecule has 0 radical (unpaired) electrons. The summed E-state index contributed by atoms with van der Waals surface area (Å²) in [4.78, 5) is 0. The van der Waals surface area contributed by atoms with Crippen molar-refractivity contribution in [3.8, 4) is 0 Å². The number of benzene rings is 1. The fraction of sp³-hybridized carbons (Fsp3) is 0.571. The van der Waals surface area contributed by atoms with Crippen LogP contribution in [0.4, 0.5) is 0 Å². The highest BCUT2D eigenvalue weighted by atomic mass is 14.3. The Morgan fingerprint density at radius 2 is 1.86 bits per heavy atom. The molecule has 0 spiro atoms. The van der Waals surface area contributed by atoms with E-state index >= 15 is 0 Å². The molecular weight excluding hydrogens is 168 g/mol. The summed E-state index contributed by atoms with van der Waals surface area (Å²) in [6.45, 7) is 9.19. The maximum atomic E-state index is 2.35. The number of hydrogen-bond donors (Lipinski definition) is 0. The molecule has 0 N–H and O–H groups in total. The van der Waals surface area contributed by atoms with Crippen molar-refractivity contribution in [2.75, 3.05) is 0 Å². The van der Waals surface area contributed by atoms with Crippen molar-refractivity contribution in [2.45, 2.75) is 40.5 Å². The molecule has 0 unspecified atom stereocenters. The van der Waals surface area contributed by atoms with Crippen LogP contribution in [0.15, 0.2) is 12.1 Å². The minimum Gasteiger partial charge on any atom is -0.0625 e.